The van der Waals surface area contributed by atoms with Gasteiger partial charge in [0.25, 0.3) is 0 Å². The monoisotopic (exact) mass is 262 g/mol. The van der Waals surface area contributed by atoms with Crippen LogP contribution in [0.25, 0.3) is 11.0 Å². The number of hydrogen-bond acceptors (Lipinski definition) is 4. The number of anilines is 1. The van der Waals surface area contributed by atoms with E-state index in [2.05, 4.69) is 20.3 Å². The summed E-state index contributed by atoms with van der Waals surface area (Å²) in [5, 5.41) is 13.1. The maximum atomic E-state index is 11.3. The Morgan fingerprint density at radius 3 is 2.63 bits per heavy atom. The summed E-state index contributed by atoms with van der Waals surface area (Å²) in [5.41, 5.74) is 1.69. The molecular weight excluding hydrogens is 244 g/mol. The summed E-state index contributed by atoms with van der Waals surface area (Å²) >= 11 is 0. The Labute approximate surface area is 111 Å². The fraction of sp³-hybridized carbons (Fsp3) is 0.462. The van der Waals surface area contributed by atoms with Crippen molar-refractivity contribution in [3.05, 3.63) is 17.6 Å². The van der Waals surface area contributed by atoms with Crippen LogP contribution in [0.1, 0.15) is 25.4 Å². The number of carboxylic acids is 1. The van der Waals surface area contributed by atoms with E-state index in [0.717, 1.165) is 16.7 Å². The fourth-order valence-electron chi connectivity index (χ4n) is 2.02. The molecule has 102 valence electrons. The van der Waals surface area contributed by atoms with Gasteiger partial charge < -0.3 is 15.4 Å². The predicted molar refractivity (Wildman–Crippen MR) is 73.2 cm³/mol. The first-order chi connectivity index (χ1) is 8.88. The number of aromatic nitrogens is 3. The van der Waals surface area contributed by atoms with Gasteiger partial charge in [-0.05, 0) is 25.8 Å². The normalized spacial score (nSPS) is 12.9. The quantitative estimate of drug-likeness (QED) is 0.785. The van der Waals surface area contributed by atoms with Gasteiger partial charge in [0, 0.05) is 5.69 Å². The van der Waals surface area contributed by atoms with Gasteiger partial charge in [0.2, 0.25) is 0 Å². The van der Waals surface area contributed by atoms with Gasteiger partial charge in [0.05, 0.1) is 5.39 Å². The zero-order valence-corrected chi connectivity index (χ0v) is 11.5. The maximum absolute atomic E-state index is 11.3. The van der Waals surface area contributed by atoms with Gasteiger partial charge in [-0.1, -0.05) is 13.8 Å². The highest BCUT2D eigenvalue weighted by molar-refractivity contribution is 5.90. The van der Waals surface area contributed by atoms with E-state index in [-0.39, 0.29) is 5.92 Å². The van der Waals surface area contributed by atoms with Gasteiger partial charge in [0.1, 0.15) is 23.3 Å². The minimum absolute atomic E-state index is 0.0390. The van der Waals surface area contributed by atoms with Crippen molar-refractivity contribution in [3.63, 3.8) is 0 Å². The molecule has 0 bridgehead atoms. The number of hydrogen-bond donors (Lipinski definition) is 3. The molecule has 0 saturated carbocycles. The molecule has 1 atom stereocenters. The largest absolute Gasteiger partial charge is 0.480 e. The molecule has 3 N–H and O–H groups in total. The van der Waals surface area contributed by atoms with E-state index in [1.807, 2.05) is 26.8 Å². The van der Waals surface area contributed by atoms with Crippen molar-refractivity contribution in [2.75, 3.05) is 5.32 Å². The van der Waals surface area contributed by atoms with Crippen molar-refractivity contribution in [1.29, 1.82) is 0 Å². The number of carboxylic acid groups (broad SMARTS) is 1. The zero-order chi connectivity index (χ0) is 14.2. The Hall–Kier alpha value is -2.11. The molecule has 0 amide bonds. The van der Waals surface area contributed by atoms with E-state index >= 15 is 0 Å². The van der Waals surface area contributed by atoms with Crippen LogP contribution in [0.5, 0.6) is 0 Å². The average Bonchev–Trinajstić information content (AvgIpc) is 2.64. The molecule has 0 saturated heterocycles. The van der Waals surface area contributed by atoms with E-state index in [4.69, 9.17) is 0 Å². The van der Waals surface area contributed by atoms with E-state index in [9.17, 15) is 9.90 Å². The molecule has 0 aromatic carbocycles. The van der Waals surface area contributed by atoms with Crippen molar-refractivity contribution in [3.8, 4) is 0 Å². The molecule has 19 heavy (non-hydrogen) atoms. The van der Waals surface area contributed by atoms with E-state index in [1.165, 1.54) is 0 Å². The van der Waals surface area contributed by atoms with Crippen LogP contribution in [0.2, 0.25) is 0 Å². The van der Waals surface area contributed by atoms with Crippen LogP contribution in [-0.2, 0) is 4.79 Å². The van der Waals surface area contributed by atoms with Crippen LogP contribution in [0.15, 0.2) is 6.07 Å². The first-order valence-corrected chi connectivity index (χ1v) is 6.21. The molecule has 2 heterocycles. The van der Waals surface area contributed by atoms with Gasteiger partial charge in [0.15, 0.2) is 0 Å². The smallest absolute Gasteiger partial charge is 0.326 e. The van der Waals surface area contributed by atoms with Gasteiger partial charge in [-0.15, -0.1) is 0 Å². The van der Waals surface area contributed by atoms with Gasteiger partial charge in [-0.2, -0.15) is 0 Å². The summed E-state index contributed by atoms with van der Waals surface area (Å²) in [7, 11) is 0. The second-order valence-corrected chi connectivity index (χ2v) is 5.04. The van der Waals surface area contributed by atoms with Crippen molar-refractivity contribution in [1.82, 2.24) is 15.0 Å². The van der Waals surface area contributed by atoms with Crippen LogP contribution < -0.4 is 5.32 Å². The second kappa shape index (κ2) is 4.87. The fourth-order valence-corrected chi connectivity index (χ4v) is 2.02. The molecule has 2 aromatic rings. The number of aryl methyl sites for hydroxylation is 2. The molecule has 6 nitrogen and oxygen atoms in total. The molecule has 0 aliphatic heterocycles. The highest BCUT2D eigenvalue weighted by Gasteiger charge is 2.23. The highest BCUT2D eigenvalue weighted by Crippen LogP contribution is 2.23. The lowest BCUT2D eigenvalue weighted by molar-refractivity contribution is -0.138. The number of rotatable bonds is 4. The Morgan fingerprint density at radius 1 is 1.37 bits per heavy atom. The molecule has 0 fully saturated rings. The predicted octanol–water partition coefficient (Wildman–Crippen LogP) is 2.10. The molecule has 0 spiro atoms. The summed E-state index contributed by atoms with van der Waals surface area (Å²) < 4.78 is 0. The Balaban J connectivity index is 2.46. The van der Waals surface area contributed by atoms with Crippen molar-refractivity contribution in [2.45, 2.75) is 33.7 Å². The molecule has 2 aromatic heterocycles. The zero-order valence-electron chi connectivity index (χ0n) is 11.5. The standard InChI is InChI=1S/C13H18N4O2/c1-6(2)10(13(18)19)17-12-9-5-7(3)14-11(9)15-8(4)16-12/h5-6,10H,1-4H3,(H,18,19)(H2,14,15,16,17). The number of aliphatic carboxylic acids is 1. The number of carbonyl (C=O) groups is 1. The molecule has 0 aliphatic carbocycles. The lowest BCUT2D eigenvalue weighted by Crippen LogP contribution is -2.34. The van der Waals surface area contributed by atoms with Crippen LogP contribution in [0, 0.1) is 19.8 Å². The SMILES string of the molecule is Cc1nc(NC(C(=O)O)C(C)C)c2cc(C)[nH]c2n1. The molecule has 0 radical (unpaired) electrons. The van der Waals surface area contributed by atoms with E-state index < -0.39 is 12.0 Å². The number of aromatic amines is 1. The molecule has 0 aliphatic rings. The Morgan fingerprint density at radius 2 is 2.05 bits per heavy atom. The van der Waals surface area contributed by atoms with Crippen molar-refractivity contribution in [2.24, 2.45) is 5.92 Å². The van der Waals surface area contributed by atoms with Crippen LogP contribution in [0.3, 0.4) is 0 Å². The van der Waals surface area contributed by atoms with Gasteiger partial charge in [-0.25, -0.2) is 14.8 Å². The number of nitrogens with zero attached hydrogens (tertiary/aromatic N) is 2. The Kier molecular flexibility index (Phi) is 3.42. The summed E-state index contributed by atoms with van der Waals surface area (Å²) in [6.45, 7) is 7.43. The Bertz CT molecular complexity index is 618. The third-order valence-corrected chi connectivity index (χ3v) is 2.96. The molecule has 1 unspecified atom stereocenters. The minimum Gasteiger partial charge on any atom is -0.480 e. The first-order valence-electron chi connectivity index (χ1n) is 6.21. The lowest BCUT2D eigenvalue weighted by Gasteiger charge is -2.19. The highest BCUT2D eigenvalue weighted by atomic mass is 16.4. The second-order valence-electron chi connectivity index (χ2n) is 5.04. The molecule has 2 rings (SSSR count). The topological polar surface area (TPSA) is 90.9 Å². The first kappa shape index (κ1) is 13.3. The number of H-pyrrole nitrogens is 1. The summed E-state index contributed by atoms with van der Waals surface area (Å²) in [4.78, 5) is 23.0. The van der Waals surface area contributed by atoms with E-state index in [1.54, 1.807) is 6.92 Å². The molecule has 6 heteroatoms. The van der Waals surface area contributed by atoms with Crippen LogP contribution >= 0.6 is 0 Å². The maximum Gasteiger partial charge on any atom is 0.326 e. The average molecular weight is 262 g/mol. The van der Waals surface area contributed by atoms with Crippen LogP contribution in [-0.4, -0.2) is 32.1 Å². The number of nitrogens with one attached hydrogen (secondary N) is 2. The lowest BCUT2D eigenvalue weighted by atomic mass is 10.0. The summed E-state index contributed by atoms with van der Waals surface area (Å²) in [5.74, 6) is 0.243. The van der Waals surface area contributed by atoms with Gasteiger partial charge in [-0.3, -0.25) is 0 Å². The van der Waals surface area contributed by atoms with Crippen LogP contribution in [0.4, 0.5) is 5.82 Å². The van der Waals surface area contributed by atoms with Crippen molar-refractivity contribution < 1.29 is 9.90 Å². The third kappa shape index (κ3) is 2.67. The third-order valence-electron chi connectivity index (χ3n) is 2.96. The molecular formula is C13H18N4O2. The van der Waals surface area contributed by atoms with Crippen molar-refractivity contribution >= 4 is 22.8 Å². The number of fused-ring (bicyclic) bond motifs is 1. The van der Waals surface area contributed by atoms with E-state index in [0.29, 0.717) is 11.6 Å². The summed E-state index contributed by atoms with van der Waals surface area (Å²) in [6, 6.07) is 1.24. The summed E-state index contributed by atoms with van der Waals surface area (Å²) in [6.07, 6.45) is 0. The minimum atomic E-state index is -0.883. The van der Waals surface area contributed by atoms with Gasteiger partial charge >= 0.3 is 5.97 Å².